The molecule has 2 aliphatic rings. The number of hydrogen-bond donors (Lipinski definition) is 2. The van der Waals surface area contributed by atoms with Crippen molar-refractivity contribution in [3.05, 3.63) is 24.2 Å². The van der Waals surface area contributed by atoms with Gasteiger partial charge in [-0.1, -0.05) is 12.8 Å². The fraction of sp³-hybridized carbons (Fsp3) is 0.533. The fourth-order valence-corrected chi connectivity index (χ4v) is 3.62. The number of rotatable bonds is 3. The van der Waals surface area contributed by atoms with Gasteiger partial charge in [0.15, 0.2) is 5.65 Å². The molecule has 1 amide bonds. The Hall–Kier alpha value is -1.91. The summed E-state index contributed by atoms with van der Waals surface area (Å²) < 4.78 is 0. The average molecular weight is 270 g/mol. The van der Waals surface area contributed by atoms with E-state index in [1.54, 1.807) is 6.20 Å². The topological polar surface area (TPSA) is 70.7 Å². The molecule has 2 saturated carbocycles. The van der Waals surface area contributed by atoms with Crippen molar-refractivity contribution in [1.29, 1.82) is 0 Å². The molecule has 0 bridgehead atoms. The van der Waals surface area contributed by atoms with E-state index in [1.165, 1.54) is 25.7 Å². The van der Waals surface area contributed by atoms with Gasteiger partial charge < -0.3 is 10.3 Å². The van der Waals surface area contributed by atoms with Crippen LogP contribution >= 0.6 is 0 Å². The zero-order valence-electron chi connectivity index (χ0n) is 11.4. The summed E-state index contributed by atoms with van der Waals surface area (Å²) in [7, 11) is 0. The number of carbonyl (C=O) groups excluding carboxylic acids is 1. The molecule has 2 aliphatic carbocycles. The first-order valence-corrected chi connectivity index (χ1v) is 7.34. The summed E-state index contributed by atoms with van der Waals surface area (Å²) in [5.74, 6) is 1.21. The van der Waals surface area contributed by atoms with Crippen LogP contribution in [0.25, 0.3) is 11.2 Å². The van der Waals surface area contributed by atoms with Crippen molar-refractivity contribution < 1.29 is 4.79 Å². The first-order valence-electron chi connectivity index (χ1n) is 7.34. The second-order valence-corrected chi connectivity index (χ2v) is 6.10. The summed E-state index contributed by atoms with van der Waals surface area (Å²) >= 11 is 0. The molecule has 2 heterocycles. The normalized spacial score (nSPS) is 23.3. The van der Waals surface area contributed by atoms with Gasteiger partial charge in [-0.25, -0.2) is 9.97 Å². The van der Waals surface area contributed by atoms with Gasteiger partial charge in [-0.2, -0.15) is 0 Å². The minimum atomic E-state index is 0.195. The van der Waals surface area contributed by atoms with Crippen LogP contribution in [0.15, 0.2) is 18.3 Å². The highest BCUT2D eigenvalue weighted by Crippen LogP contribution is 2.62. The van der Waals surface area contributed by atoms with Crippen LogP contribution in [0, 0.1) is 11.3 Å². The van der Waals surface area contributed by atoms with Gasteiger partial charge >= 0.3 is 0 Å². The number of hydrogen-bond acceptors (Lipinski definition) is 3. The number of H-pyrrole nitrogens is 1. The Bertz CT molecular complexity index is 624. The van der Waals surface area contributed by atoms with Gasteiger partial charge in [-0.05, 0) is 36.8 Å². The zero-order valence-corrected chi connectivity index (χ0v) is 11.4. The van der Waals surface area contributed by atoms with Crippen molar-refractivity contribution >= 4 is 17.1 Å². The summed E-state index contributed by atoms with van der Waals surface area (Å²) in [5, 5.41) is 3.01. The van der Waals surface area contributed by atoms with E-state index >= 15 is 0 Å². The number of carbonyl (C=O) groups is 1. The summed E-state index contributed by atoms with van der Waals surface area (Å²) in [6, 6.07) is 3.81. The van der Waals surface area contributed by atoms with Gasteiger partial charge in [0.05, 0.1) is 12.1 Å². The highest BCUT2D eigenvalue weighted by molar-refractivity contribution is 5.82. The monoisotopic (exact) mass is 270 g/mol. The van der Waals surface area contributed by atoms with Crippen molar-refractivity contribution in [3.8, 4) is 0 Å². The van der Waals surface area contributed by atoms with E-state index in [0.29, 0.717) is 17.6 Å². The number of aromatic nitrogens is 3. The molecule has 0 saturated heterocycles. The molecule has 1 atom stereocenters. The van der Waals surface area contributed by atoms with Crippen molar-refractivity contribution in [2.75, 3.05) is 0 Å². The maximum Gasteiger partial charge on any atom is 0.224 e. The first-order chi connectivity index (χ1) is 9.77. The van der Waals surface area contributed by atoms with E-state index in [-0.39, 0.29) is 11.8 Å². The molecule has 2 aromatic heterocycles. The van der Waals surface area contributed by atoms with E-state index < -0.39 is 0 Å². The lowest BCUT2D eigenvalue weighted by Gasteiger charge is -2.07. The van der Waals surface area contributed by atoms with Crippen LogP contribution in [0.4, 0.5) is 0 Å². The Kier molecular flexibility index (Phi) is 2.55. The minimum Gasteiger partial charge on any atom is -0.349 e. The standard InChI is InChI=1S/C15H18N4O/c20-14(10-8-15(10)5-1-2-6-15)17-9-12-18-11-4-3-7-16-13(11)19-12/h3-4,7,10H,1-2,5-6,8-9H2,(H,17,20)(H,16,18,19). The molecular formula is C15H18N4O. The second kappa shape index (κ2) is 4.30. The average Bonchev–Trinajstić information content (AvgIpc) is 2.82. The molecule has 104 valence electrons. The quantitative estimate of drug-likeness (QED) is 0.897. The molecule has 1 spiro atoms. The van der Waals surface area contributed by atoms with Gasteiger partial charge in [-0.15, -0.1) is 0 Å². The summed E-state index contributed by atoms with van der Waals surface area (Å²) in [5.41, 5.74) is 1.98. The number of imidazole rings is 1. The van der Waals surface area contributed by atoms with Gasteiger partial charge in [-0.3, -0.25) is 4.79 Å². The number of pyridine rings is 1. The van der Waals surface area contributed by atoms with Gasteiger partial charge in [0.25, 0.3) is 0 Å². The van der Waals surface area contributed by atoms with E-state index in [2.05, 4.69) is 20.3 Å². The third kappa shape index (κ3) is 1.88. The Morgan fingerprint density at radius 1 is 1.45 bits per heavy atom. The van der Waals surface area contributed by atoms with E-state index in [4.69, 9.17) is 0 Å². The molecule has 5 nitrogen and oxygen atoms in total. The number of nitrogens with zero attached hydrogens (tertiary/aromatic N) is 2. The summed E-state index contributed by atoms with van der Waals surface area (Å²) in [6.07, 6.45) is 7.86. The molecular weight excluding hydrogens is 252 g/mol. The van der Waals surface area contributed by atoms with Crippen LogP contribution in [-0.2, 0) is 11.3 Å². The van der Waals surface area contributed by atoms with Crippen LogP contribution in [0.2, 0.25) is 0 Å². The predicted octanol–water partition coefficient (Wildman–Crippen LogP) is 2.15. The summed E-state index contributed by atoms with van der Waals surface area (Å²) in [6.45, 7) is 0.460. The third-order valence-corrected chi connectivity index (χ3v) is 4.84. The highest BCUT2D eigenvalue weighted by atomic mass is 16.2. The van der Waals surface area contributed by atoms with Crippen molar-refractivity contribution in [2.45, 2.75) is 38.6 Å². The first kappa shape index (κ1) is 11.9. The molecule has 20 heavy (non-hydrogen) atoms. The minimum absolute atomic E-state index is 0.195. The van der Waals surface area contributed by atoms with Gasteiger partial charge in [0.1, 0.15) is 5.82 Å². The maximum absolute atomic E-state index is 12.2. The molecule has 5 heteroatoms. The Balaban J connectivity index is 1.39. The Morgan fingerprint density at radius 3 is 3.10 bits per heavy atom. The predicted molar refractivity (Wildman–Crippen MR) is 74.7 cm³/mol. The van der Waals surface area contributed by atoms with E-state index in [0.717, 1.165) is 17.8 Å². The van der Waals surface area contributed by atoms with Gasteiger partial charge in [0, 0.05) is 12.1 Å². The number of aromatic amines is 1. The Morgan fingerprint density at radius 2 is 2.30 bits per heavy atom. The molecule has 4 rings (SSSR count). The van der Waals surface area contributed by atoms with Crippen LogP contribution < -0.4 is 5.32 Å². The number of nitrogens with one attached hydrogen (secondary N) is 2. The lowest BCUT2D eigenvalue weighted by molar-refractivity contribution is -0.123. The molecule has 2 fully saturated rings. The smallest absolute Gasteiger partial charge is 0.224 e. The van der Waals surface area contributed by atoms with Crippen LogP contribution in [0.5, 0.6) is 0 Å². The molecule has 0 aromatic carbocycles. The third-order valence-electron chi connectivity index (χ3n) is 4.84. The maximum atomic E-state index is 12.2. The molecule has 2 aromatic rings. The van der Waals surface area contributed by atoms with Crippen molar-refractivity contribution in [3.63, 3.8) is 0 Å². The van der Waals surface area contributed by atoms with Crippen LogP contribution in [-0.4, -0.2) is 20.9 Å². The highest BCUT2D eigenvalue weighted by Gasteiger charge is 2.58. The molecule has 0 aliphatic heterocycles. The molecule has 1 unspecified atom stereocenters. The fourth-order valence-electron chi connectivity index (χ4n) is 3.62. The SMILES string of the molecule is O=C(NCc1nc2ncccc2[nH]1)C1CC12CCCC2. The van der Waals surface area contributed by atoms with E-state index in [9.17, 15) is 4.79 Å². The number of amides is 1. The van der Waals surface area contributed by atoms with E-state index in [1.807, 2.05) is 12.1 Å². The van der Waals surface area contributed by atoms with Gasteiger partial charge in [0.2, 0.25) is 5.91 Å². The van der Waals surface area contributed by atoms with Crippen molar-refractivity contribution in [1.82, 2.24) is 20.3 Å². The lowest BCUT2D eigenvalue weighted by atomic mass is 10.0. The second-order valence-electron chi connectivity index (χ2n) is 6.10. The Labute approximate surface area is 117 Å². The lowest BCUT2D eigenvalue weighted by Crippen LogP contribution is -2.27. The number of fused-ring (bicyclic) bond motifs is 1. The molecule has 2 N–H and O–H groups in total. The molecule has 0 radical (unpaired) electrons. The van der Waals surface area contributed by atoms with Crippen LogP contribution in [0.3, 0.4) is 0 Å². The van der Waals surface area contributed by atoms with Crippen LogP contribution in [0.1, 0.15) is 37.9 Å². The largest absolute Gasteiger partial charge is 0.349 e. The zero-order chi connectivity index (χ0) is 13.6. The summed E-state index contributed by atoms with van der Waals surface area (Å²) in [4.78, 5) is 23.9. The van der Waals surface area contributed by atoms with Crippen molar-refractivity contribution in [2.24, 2.45) is 11.3 Å².